The SMILES string of the molecule is CC(CCN)c1cc(O)c(F)cc1O. The van der Waals surface area contributed by atoms with Gasteiger partial charge in [-0.3, -0.25) is 0 Å². The fourth-order valence-corrected chi connectivity index (χ4v) is 1.37. The average Bonchev–Trinajstić information content (AvgIpc) is 2.11. The van der Waals surface area contributed by atoms with Crippen LogP contribution in [0.15, 0.2) is 12.1 Å². The van der Waals surface area contributed by atoms with Crippen LogP contribution in [0, 0.1) is 5.82 Å². The number of halogens is 1. The molecule has 78 valence electrons. The van der Waals surface area contributed by atoms with Crippen molar-refractivity contribution in [1.82, 2.24) is 0 Å². The number of rotatable bonds is 3. The minimum absolute atomic E-state index is 0.00602. The zero-order chi connectivity index (χ0) is 10.7. The molecule has 0 aliphatic heterocycles. The van der Waals surface area contributed by atoms with Crippen LogP contribution in [-0.4, -0.2) is 16.8 Å². The summed E-state index contributed by atoms with van der Waals surface area (Å²) in [5.74, 6) is -1.39. The van der Waals surface area contributed by atoms with Crippen LogP contribution in [0.25, 0.3) is 0 Å². The molecule has 1 rings (SSSR count). The quantitative estimate of drug-likeness (QED) is 0.649. The van der Waals surface area contributed by atoms with Crippen molar-refractivity contribution in [1.29, 1.82) is 0 Å². The van der Waals surface area contributed by atoms with E-state index in [0.29, 0.717) is 18.5 Å². The molecule has 0 heterocycles. The van der Waals surface area contributed by atoms with Crippen LogP contribution in [0.2, 0.25) is 0 Å². The Kier molecular flexibility index (Phi) is 3.30. The summed E-state index contributed by atoms with van der Waals surface area (Å²) in [5, 5.41) is 18.5. The van der Waals surface area contributed by atoms with Crippen LogP contribution < -0.4 is 5.73 Å². The van der Waals surface area contributed by atoms with Gasteiger partial charge in [-0.25, -0.2) is 4.39 Å². The highest BCUT2D eigenvalue weighted by Crippen LogP contribution is 2.32. The lowest BCUT2D eigenvalue weighted by molar-refractivity contribution is 0.414. The molecule has 0 amide bonds. The highest BCUT2D eigenvalue weighted by molar-refractivity contribution is 5.41. The molecule has 0 aliphatic carbocycles. The first kappa shape index (κ1) is 10.8. The Balaban J connectivity index is 3.02. The molecular weight excluding hydrogens is 185 g/mol. The largest absolute Gasteiger partial charge is 0.508 e. The Labute approximate surface area is 82.0 Å². The van der Waals surface area contributed by atoms with Gasteiger partial charge in [0.25, 0.3) is 0 Å². The number of hydrogen-bond donors (Lipinski definition) is 3. The molecule has 0 bridgehead atoms. The second-order valence-electron chi connectivity index (χ2n) is 3.34. The molecular formula is C10H14FNO2. The molecule has 0 radical (unpaired) electrons. The third-order valence-corrected chi connectivity index (χ3v) is 2.23. The molecule has 0 fully saturated rings. The molecule has 1 unspecified atom stereocenters. The molecule has 0 aliphatic rings. The maximum absolute atomic E-state index is 12.8. The van der Waals surface area contributed by atoms with Gasteiger partial charge in [0.1, 0.15) is 5.75 Å². The summed E-state index contributed by atoms with van der Waals surface area (Å²) in [4.78, 5) is 0. The van der Waals surface area contributed by atoms with Crippen molar-refractivity contribution in [2.75, 3.05) is 6.54 Å². The first-order valence-electron chi connectivity index (χ1n) is 4.47. The summed E-state index contributed by atoms with van der Waals surface area (Å²) in [6.07, 6.45) is 0.679. The zero-order valence-electron chi connectivity index (χ0n) is 8.00. The van der Waals surface area contributed by atoms with E-state index in [1.807, 2.05) is 6.92 Å². The first-order chi connectivity index (χ1) is 6.56. The number of nitrogens with two attached hydrogens (primary N) is 1. The van der Waals surface area contributed by atoms with Crippen molar-refractivity contribution in [3.63, 3.8) is 0 Å². The van der Waals surface area contributed by atoms with Gasteiger partial charge in [-0.15, -0.1) is 0 Å². The Morgan fingerprint density at radius 3 is 2.57 bits per heavy atom. The van der Waals surface area contributed by atoms with Crippen LogP contribution >= 0.6 is 0 Å². The molecule has 4 N–H and O–H groups in total. The summed E-state index contributed by atoms with van der Waals surface area (Å²) in [6.45, 7) is 2.35. The Bertz CT molecular complexity index is 328. The van der Waals surface area contributed by atoms with Crippen LogP contribution in [0.1, 0.15) is 24.8 Å². The van der Waals surface area contributed by atoms with E-state index in [9.17, 15) is 9.50 Å². The second kappa shape index (κ2) is 4.28. The van der Waals surface area contributed by atoms with E-state index in [1.165, 1.54) is 6.07 Å². The van der Waals surface area contributed by atoms with Gasteiger partial charge in [-0.05, 0) is 24.9 Å². The molecule has 3 nitrogen and oxygen atoms in total. The van der Waals surface area contributed by atoms with Gasteiger partial charge in [-0.1, -0.05) is 6.92 Å². The highest BCUT2D eigenvalue weighted by atomic mass is 19.1. The zero-order valence-corrected chi connectivity index (χ0v) is 8.00. The van der Waals surface area contributed by atoms with E-state index in [1.54, 1.807) is 0 Å². The number of benzene rings is 1. The molecule has 14 heavy (non-hydrogen) atoms. The van der Waals surface area contributed by atoms with Crippen LogP contribution in [0.4, 0.5) is 4.39 Å². The van der Waals surface area contributed by atoms with Gasteiger partial charge in [0.15, 0.2) is 11.6 Å². The van der Waals surface area contributed by atoms with E-state index in [4.69, 9.17) is 10.8 Å². The smallest absolute Gasteiger partial charge is 0.168 e. The molecule has 1 aromatic carbocycles. The summed E-state index contributed by atoms with van der Waals surface area (Å²) < 4.78 is 12.8. The van der Waals surface area contributed by atoms with E-state index in [-0.39, 0.29) is 11.7 Å². The molecule has 1 aromatic rings. The summed E-state index contributed by atoms with van der Waals surface area (Å²) in [6, 6.07) is 2.16. The van der Waals surface area contributed by atoms with Crippen LogP contribution in [0.5, 0.6) is 11.5 Å². The molecule has 0 saturated heterocycles. The van der Waals surface area contributed by atoms with E-state index < -0.39 is 11.6 Å². The van der Waals surface area contributed by atoms with Crippen LogP contribution in [-0.2, 0) is 0 Å². The first-order valence-corrected chi connectivity index (χ1v) is 4.47. The predicted octanol–water partition coefficient (Wildman–Crippen LogP) is 1.69. The lowest BCUT2D eigenvalue weighted by Gasteiger charge is -2.12. The predicted molar refractivity (Wildman–Crippen MR) is 51.8 cm³/mol. The molecule has 1 atom stereocenters. The molecule has 0 spiro atoms. The lowest BCUT2D eigenvalue weighted by atomic mass is 9.96. The third kappa shape index (κ3) is 2.14. The number of phenols is 2. The second-order valence-corrected chi connectivity index (χ2v) is 3.34. The topological polar surface area (TPSA) is 66.5 Å². The lowest BCUT2D eigenvalue weighted by Crippen LogP contribution is -2.04. The fourth-order valence-electron chi connectivity index (χ4n) is 1.37. The van der Waals surface area contributed by atoms with Gasteiger partial charge in [-0.2, -0.15) is 0 Å². The minimum atomic E-state index is -0.814. The summed E-state index contributed by atoms with van der Waals surface area (Å²) in [7, 11) is 0. The Hall–Kier alpha value is -1.29. The van der Waals surface area contributed by atoms with E-state index in [2.05, 4.69) is 0 Å². The van der Waals surface area contributed by atoms with Crippen molar-refractivity contribution in [2.24, 2.45) is 5.73 Å². The van der Waals surface area contributed by atoms with Gasteiger partial charge in [0.2, 0.25) is 0 Å². The highest BCUT2D eigenvalue weighted by Gasteiger charge is 2.13. The van der Waals surface area contributed by atoms with Gasteiger partial charge in [0.05, 0.1) is 0 Å². The molecule has 0 aromatic heterocycles. The standard InChI is InChI=1S/C10H14FNO2/c1-6(2-3-12)7-4-10(14)8(11)5-9(7)13/h4-6,13-14H,2-3,12H2,1H3. The fraction of sp³-hybridized carbons (Fsp3) is 0.400. The maximum atomic E-state index is 12.8. The third-order valence-electron chi connectivity index (χ3n) is 2.23. The Morgan fingerprint density at radius 1 is 1.36 bits per heavy atom. The minimum Gasteiger partial charge on any atom is -0.508 e. The van der Waals surface area contributed by atoms with Crippen molar-refractivity contribution < 1.29 is 14.6 Å². The van der Waals surface area contributed by atoms with Crippen molar-refractivity contribution in [3.05, 3.63) is 23.5 Å². The number of hydrogen-bond acceptors (Lipinski definition) is 3. The summed E-state index contributed by atoms with van der Waals surface area (Å²) in [5.41, 5.74) is 5.89. The van der Waals surface area contributed by atoms with Crippen molar-refractivity contribution in [2.45, 2.75) is 19.3 Å². The maximum Gasteiger partial charge on any atom is 0.168 e. The van der Waals surface area contributed by atoms with Crippen LogP contribution in [0.3, 0.4) is 0 Å². The van der Waals surface area contributed by atoms with Crippen molar-refractivity contribution in [3.8, 4) is 11.5 Å². The van der Waals surface area contributed by atoms with Crippen molar-refractivity contribution >= 4 is 0 Å². The normalized spacial score (nSPS) is 12.8. The monoisotopic (exact) mass is 199 g/mol. The number of phenolic OH excluding ortho intramolecular Hbond substituents is 2. The number of aromatic hydroxyl groups is 2. The Morgan fingerprint density at radius 2 is 2.00 bits per heavy atom. The van der Waals surface area contributed by atoms with E-state index >= 15 is 0 Å². The molecule has 0 saturated carbocycles. The van der Waals surface area contributed by atoms with Gasteiger partial charge >= 0.3 is 0 Å². The van der Waals surface area contributed by atoms with Gasteiger partial charge < -0.3 is 15.9 Å². The molecule has 4 heteroatoms. The summed E-state index contributed by atoms with van der Waals surface area (Å²) >= 11 is 0. The van der Waals surface area contributed by atoms with E-state index in [0.717, 1.165) is 6.07 Å². The average molecular weight is 199 g/mol. The van der Waals surface area contributed by atoms with Gasteiger partial charge in [0, 0.05) is 11.6 Å².